The summed E-state index contributed by atoms with van der Waals surface area (Å²) in [6, 6.07) is 11.0. The summed E-state index contributed by atoms with van der Waals surface area (Å²) in [7, 11) is 0. The lowest BCUT2D eigenvalue weighted by molar-refractivity contribution is -0.118. The van der Waals surface area contributed by atoms with Crippen LogP contribution in [0.15, 0.2) is 42.5 Å². The molecule has 1 aliphatic heterocycles. The molecular formula is C20H22FN3O2. The highest BCUT2D eigenvalue weighted by Gasteiger charge is 2.33. The fourth-order valence-corrected chi connectivity index (χ4v) is 3.17. The Bertz CT molecular complexity index is 800. The molecule has 26 heavy (non-hydrogen) atoms. The quantitative estimate of drug-likeness (QED) is 0.886. The SMILES string of the molecule is Cc1cc(C)cc(N2CCC(NC(=O)NCc3ccc(F)cc3)C2=O)c1. The van der Waals surface area contributed by atoms with Crippen molar-refractivity contribution in [2.24, 2.45) is 0 Å². The van der Waals surface area contributed by atoms with Gasteiger partial charge in [0.1, 0.15) is 11.9 Å². The highest BCUT2D eigenvalue weighted by atomic mass is 19.1. The molecule has 3 amide bonds. The number of aryl methyl sites for hydroxylation is 2. The molecule has 0 spiro atoms. The van der Waals surface area contributed by atoms with Crippen LogP contribution in [0.3, 0.4) is 0 Å². The van der Waals surface area contributed by atoms with Gasteiger partial charge >= 0.3 is 6.03 Å². The summed E-state index contributed by atoms with van der Waals surface area (Å²) in [5, 5.41) is 5.42. The third-order valence-corrected chi connectivity index (χ3v) is 4.40. The van der Waals surface area contributed by atoms with Gasteiger partial charge in [0.05, 0.1) is 0 Å². The summed E-state index contributed by atoms with van der Waals surface area (Å²) in [4.78, 5) is 26.4. The fourth-order valence-electron chi connectivity index (χ4n) is 3.17. The highest BCUT2D eigenvalue weighted by Crippen LogP contribution is 2.24. The van der Waals surface area contributed by atoms with Gasteiger partial charge in [-0.05, 0) is 61.2 Å². The minimum absolute atomic E-state index is 0.105. The van der Waals surface area contributed by atoms with Crippen molar-refractivity contribution >= 4 is 17.6 Å². The Morgan fingerprint density at radius 2 is 1.81 bits per heavy atom. The molecule has 2 N–H and O–H groups in total. The number of rotatable bonds is 4. The van der Waals surface area contributed by atoms with Crippen molar-refractivity contribution in [3.05, 3.63) is 65.0 Å². The predicted molar refractivity (Wildman–Crippen MR) is 98.4 cm³/mol. The Labute approximate surface area is 152 Å². The third-order valence-electron chi connectivity index (χ3n) is 4.40. The maximum atomic E-state index is 12.9. The molecule has 136 valence electrons. The van der Waals surface area contributed by atoms with Crippen molar-refractivity contribution in [3.8, 4) is 0 Å². The van der Waals surface area contributed by atoms with E-state index in [0.29, 0.717) is 13.0 Å². The summed E-state index contributed by atoms with van der Waals surface area (Å²) >= 11 is 0. The van der Waals surface area contributed by atoms with E-state index in [2.05, 4.69) is 16.7 Å². The molecule has 0 radical (unpaired) electrons. The summed E-state index contributed by atoms with van der Waals surface area (Å²) < 4.78 is 12.9. The van der Waals surface area contributed by atoms with Gasteiger partial charge in [-0.3, -0.25) is 4.79 Å². The average molecular weight is 355 g/mol. The molecule has 2 aromatic carbocycles. The lowest BCUT2D eigenvalue weighted by atomic mass is 10.1. The van der Waals surface area contributed by atoms with Crippen LogP contribution >= 0.6 is 0 Å². The second kappa shape index (κ2) is 7.56. The molecule has 1 unspecified atom stereocenters. The molecule has 1 heterocycles. The number of nitrogens with one attached hydrogen (secondary N) is 2. The first-order valence-corrected chi connectivity index (χ1v) is 8.61. The van der Waals surface area contributed by atoms with E-state index < -0.39 is 12.1 Å². The van der Waals surface area contributed by atoms with E-state index in [-0.39, 0.29) is 18.3 Å². The maximum Gasteiger partial charge on any atom is 0.315 e. The van der Waals surface area contributed by atoms with Crippen LogP contribution in [0.5, 0.6) is 0 Å². The number of amides is 3. The lowest BCUT2D eigenvalue weighted by Gasteiger charge is -2.18. The molecule has 0 bridgehead atoms. The minimum atomic E-state index is -0.538. The number of halogens is 1. The smallest absolute Gasteiger partial charge is 0.315 e. The second-order valence-electron chi connectivity index (χ2n) is 6.63. The molecule has 1 saturated heterocycles. The molecule has 0 aliphatic carbocycles. The number of carbonyl (C=O) groups is 2. The van der Waals surface area contributed by atoms with E-state index in [4.69, 9.17) is 0 Å². The molecule has 5 nitrogen and oxygen atoms in total. The number of hydrogen-bond donors (Lipinski definition) is 2. The van der Waals surface area contributed by atoms with Gasteiger partial charge in [-0.25, -0.2) is 9.18 Å². The van der Waals surface area contributed by atoms with Crippen molar-refractivity contribution in [1.82, 2.24) is 10.6 Å². The number of benzene rings is 2. The summed E-state index contributed by atoms with van der Waals surface area (Å²) in [5.41, 5.74) is 3.85. The Kier molecular flexibility index (Phi) is 5.21. The van der Waals surface area contributed by atoms with Gasteiger partial charge in [-0.1, -0.05) is 18.2 Å². The van der Waals surface area contributed by atoms with Gasteiger partial charge in [-0.15, -0.1) is 0 Å². The van der Waals surface area contributed by atoms with Gasteiger partial charge in [0.2, 0.25) is 5.91 Å². The molecule has 0 aromatic heterocycles. The van der Waals surface area contributed by atoms with Crippen molar-refractivity contribution in [3.63, 3.8) is 0 Å². The Morgan fingerprint density at radius 1 is 1.15 bits per heavy atom. The van der Waals surface area contributed by atoms with Crippen LogP contribution in [0.2, 0.25) is 0 Å². The summed E-state index contributed by atoms with van der Waals surface area (Å²) in [6.45, 7) is 4.84. The summed E-state index contributed by atoms with van der Waals surface area (Å²) in [5.74, 6) is -0.423. The fraction of sp³-hybridized carbons (Fsp3) is 0.300. The maximum absolute atomic E-state index is 12.9. The molecule has 1 aliphatic rings. The van der Waals surface area contributed by atoms with Crippen molar-refractivity contribution in [1.29, 1.82) is 0 Å². The van der Waals surface area contributed by atoms with E-state index in [0.717, 1.165) is 22.4 Å². The van der Waals surface area contributed by atoms with Crippen LogP contribution in [0.1, 0.15) is 23.1 Å². The Hall–Kier alpha value is -2.89. The van der Waals surface area contributed by atoms with Gasteiger partial charge in [0.25, 0.3) is 0 Å². The molecule has 2 aromatic rings. The number of nitrogens with zero attached hydrogens (tertiary/aromatic N) is 1. The van der Waals surface area contributed by atoms with Gasteiger partial charge < -0.3 is 15.5 Å². The monoisotopic (exact) mass is 355 g/mol. The van der Waals surface area contributed by atoms with Crippen molar-refractivity contribution < 1.29 is 14.0 Å². The first kappa shape index (κ1) is 17.9. The van der Waals surface area contributed by atoms with E-state index >= 15 is 0 Å². The van der Waals surface area contributed by atoms with Crippen molar-refractivity contribution in [2.75, 3.05) is 11.4 Å². The van der Waals surface area contributed by atoms with Gasteiger partial charge in [-0.2, -0.15) is 0 Å². The average Bonchev–Trinajstić information content (AvgIpc) is 2.94. The van der Waals surface area contributed by atoms with Crippen LogP contribution in [0.4, 0.5) is 14.9 Å². The third kappa shape index (κ3) is 4.20. The number of hydrogen-bond acceptors (Lipinski definition) is 2. The number of carbonyl (C=O) groups excluding carboxylic acids is 2. The van der Waals surface area contributed by atoms with Crippen LogP contribution in [0.25, 0.3) is 0 Å². The van der Waals surface area contributed by atoms with E-state index in [1.807, 2.05) is 26.0 Å². The molecule has 1 fully saturated rings. The standard InChI is InChI=1S/C20H22FN3O2/c1-13-9-14(2)11-17(10-13)24-8-7-18(19(24)25)23-20(26)22-12-15-3-5-16(21)6-4-15/h3-6,9-11,18H,7-8,12H2,1-2H3,(H2,22,23,26). The number of urea groups is 1. The van der Waals surface area contributed by atoms with Gasteiger partial charge in [0, 0.05) is 18.8 Å². The molecule has 1 atom stereocenters. The lowest BCUT2D eigenvalue weighted by Crippen LogP contribution is -2.46. The molecule has 6 heteroatoms. The van der Waals surface area contributed by atoms with E-state index in [1.165, 1.54) is 12.1 Å². The predicted octanol–water partition coefficient (Wildman–Crippen LogP) is 3.05. The Balaban J connectivity index is 1.56. The van der Waals surface area contributed by atoms with Gasteiger partial charge in [0.15, 0.2) is 0 Å². The highest BCUT2D eigenvalue weighted by molar-refractivity contribution is 6.01. The first-order chi connectivity index (χ1) is 12.4. The van der Waals surface area contributed by atoms with Crippen LogP contribution < -0.4 is 15.5 Å². The second-order valence-corrected chi connectivity index (χ2v) is 6.63. The zero-order chi connectivity index (χ0) is 18.7. The summed E-state index contributed by atoms with van der Waals surface area (Å²) in [6.07, 6.45) is 0.565. The van der Waals surface area contributed by atoms with Crippen LogP contribution in [-0.2, 0) is 11.3 Å². The first-order valence-electron chi connectivity index (χ1n) is 8.61. The minimum Gasteiger partial charge on any atom is -0.334 e. The zero-order valence-corrected chi connectivity index (χ0v) is 14.9. The topological polar surface area (TPSA) is 61.4 Å². The van der Waals surface area contributed by atoms with Crippen LogP contribution in [-0.4, -0.2) is 24.5 Å². The van der Waals surface area contributed by atoms with Crippen LogP contribution in [0, 0.1) is 19.7 Å². The number of anilines is 1. The molecular weight excluding hydrogens is 333 g/mol. The van der Waals surface area contributed by atoms with E-state index in [1.54, 1.807) is 17.0 Å². The van der Waals surface area contributed by atoms with Crippen molar-refractivity contribution in [2.45, 2.75) is 32.9 Å². The Morgan fingerprint density at radius 3 is 2.46 bits per heavy atom. The van der Waals surface area contributed by atoms with E-state index in [9.17, 15) is 14.0 Å². The molecule has 0 saturated carbocycles. The normalized spacial score (nSPS) is 16.7. The molecule has 3 rings (SSSR count). The zero-order valence-electron chi connectivity index (χ0n) is 14.9. The largest absolute Gasteiger partial charge is 0.334 e.